The summed E-state index contributed by atoms with van der Waals surface area (Å²) < 4.78 is 0. The molecule has 2 N–H and O–H groups in total. The van der Waals surface area contributed by atoms with Crippen molar-refractivity contribution in [3.8, 4) is 0 Å². The first-order chi connectivity index (χ1) is 6.88. The Kier molecular flexibility index (Phi) is 6.20. The third kappa shape index (κ3) is 3.97. The molecule has 0 radical (unpaired) electrons. The molecule has 2 unspecified atom stereocenters. The average molecular weight is 199 g/mol. The first kappa shape index (κ1) is 12.0. The van der Waals surface area contributed by atoms with E-state index in [9.17, 15) is 5.11 Å². The Balaban J connectivity index is 2.13. The molecule has 0 aromatic rings. The lowest BCUT2D eigenvalue weighted by Crippen LogP contribution is -2.32. The van der Waals surface area contributed by atoms with E-state index < -0.39 is 0 Å². The molecule has 1 rings (SSSR count). The fourth-order valence-electron chi connectivity index (χ4n) is 2.38. The Morgan fingerprint density at radius 1 is 1.21 bits per heavy atom. The van der Waals surface area contributed by atoms with Crippen LogP contribution in [-0.4, -0.2) is 24.8 Å². The molecule has 0 saturated heterocycles. The first-order valence-corrected chi connectivity index (χ1v) is 6.20. The lowest BCUT2D eigenvalue weighted by Gasteiger charge is -2.30. The van der Waals surface area contributed by atoms with Gasteiger partial charge in [-0.05, 0) is 44.2 Å². The normalized spacial score (nSPS) is 27.9. The van der Waals surface area contributed by atoms with Gasteiger partial charge in [0, 0.05) is 6.61 Å². The molecule has 0 spiro atoms. The largest absolute Gasteiger partial charge is 0.396 e. The molecule has 1 aliphatic carbocycles. The van der Waals surface area contributed by atoms with Crippen molar-refractivity contribution in [3.63, 3.8) is 0 Å². The van der Waals surface area contributed by atoms with Crippen LogP contribution in [0.5, 0.6) is 0 Å². The fourth-order valence-corrected chi connectivity index (χ4v) is 2.38. The van der Waals surface area contributed by atoms with Crippen molar-refractivity contribution in [1.29, 1.82) is 0 Å². The zero-order valence-electron chi connectivity index (χ0n) is 9.47. The summed E-state index contributed by atoms with van der Waals surface area (Å²) in [6.07, 6.45) is 7.76. The van der Waals surface area contributed by atoms with E-state index in [4.69, 9.17) is 0 Å². The minimum Gasteiger partial charge on any atom is -0.396 e. The monoisotopic (exact) mass is 199 g/mol. The zero-order chi connectivity index (χ0) is 10.2. The Morgan fingerprint density at radius 3 is 2.57 bits per heavy atom. The number of nitrogens with one attached hydrogen (secondary N) is 1. The molecular formula is C12H25NO. The molecule has 0 amide bonds. The Labute approximate surface area is 88.1 Å². The SMILES string of the molecule is CCCCNCC1CCCCC1CO. The smallest absolute Gasteiger partial charge is 0.0462 e. The Morgan fingerprint density at radius 2 is 1.93 bits per heavy atom. The maximum absolute atomic E-state index is 9.24. The molecule has 0 aromatic heterocycles. The highest BCUT2D eigenvalue weighted by Gasteiger charge is 2.23. The summed E-state index contributed by atoms with van der Waals surface area (Å²) in [7, 11) is 0. The van der Waals surface area contributed by atoms with Crippen molar-refractivity contribution < 1.29 is 5.11 Å². The summed E-state index contributed by atoms with van der Waals surface area (Å²) in [5, 5.41) is 12.7. The predicted octanol–water partition coefficient (Wildman–Crippen LogP) is 2.17. The van der Waals surface area contributed by atoms with E-state index in [1.807, 2.05) is 0 Å². The summed E-state index contributed by atoms with van der Waals surface area (Å²) >= 11 is 0. The van der Waals surface area contributed by atoms with E-state index in [1.165, 1.54) is 38.5 Å². The number of aliphatic hydroxyl groups excluding tert-OH is 1. The molecule has 84 valence electrons. The standard InChI is InChI=1S/C12H25NO/c1-2-3-8-13-9-11-6-4-5-7-12(11)10-14/h11-14H,2-10H2,1H3. The number of hydrogen-bond acceptors (Lipinski definition) is 2. The topological polar surface area (TPSA) is 32.3 Å². The van der Waals surface area contributed by atoms with Crippen LogP contribution in [0.15, 0.2) is 0 Å². The van der Waals surface area contributed by atoms with E-state index in [0.717, 1.165) is 19.0 Å². The van der Waals surface area contributed by atoms with Gasteiger partial charge in [0.05, 0.1) is 0 Å². The molecule has 0 aromatic carbocycles. The minimum absolute atomic E-state index is 0.389. The minimum atomic E-state index is 0.389. The van der Waals surface area contributed by atoms with Crippen molar-refractivity contribution >= 4 is 0 Å². The molecule has 14 heavy (non-hydrogen) atoms. The van der Waals surface area contributed by atoms with Crippen LogP contribution >= 0.6 is 0 Å². The second kappa shape index (κ2) is 7.24. The van der Waals surface area contributed by atoms with Gasteiger partial charge in [-0.1, -0.05) is 26.2 Å². The predicted molar refractivity (Wildman–Crippen MR) is 60.3 cm³/mol. The number of rotatable bonds is 6. The van der Waals surface area contributed by atoms with Crippen LogP contribution < -0.4 is 5.32 Å². The number of aliphatic hydroxyl groups is 1. The third-order valence-corrected chi connectivity index (χ3v) is 3.41. The van der Waals surface area contributed by atoms with Crippen LogP contribution in [-0.2, 0) is 0 Å². The van der Waals surface area contributed by atoms with E-state index >= 15 is 0 Å². The van der Waals surface area contributed by atoms with E-state index in [1.54, 1.807) is 0 Å². The fraction of sp³-hybridized carbons (Fsp3) is 1.00. The zero-order valence-corrected chi connectivity index (χ0v) is 9.47. The molecule has 1 aliphatic rings. The van der Waals surface area contributed by atoms with Crippen LogP contribution in [0.3, 0.4) is 0 Å². The van der Waals surface area contributed by atoms with Crippen LogP contribution in [0.25, 0.3) is 0 Å². The highest BCUT2D eigenvalue weighted by Crippen LogP contribution is 2.28. The highest BCUT2D eigenvalue weighted by molar-refractivity contribution is 4.76. The summed E-state index contributed by atoms with van der Waals surface area (Å²) in [6, 6.07) is 0. The van der Waals surface area contributed by atoms with Gasteiger partial charge < -0.3 is 10.4 Å². The van der Waals surface area contributed by atoms with Crippen LogP contribution in [0.1, 0.15) is 45.4 Å². The number of hydrogen-bond donors (Lipinski definition) is 2. The van der Waals surface area contributed by atoms with Gasteiger partial charge >= 0.3 is 0 Å². The molecule has 2 nitrogen and oxygen atoms in total. The van der Waals surface area contributed by atoms with Gasteiger partial charge in [-0.2, -0.15) is 0 Å². The van der Waals surface area contributed by atoms with E-state index in [2.05, 4.69) is 12.2 Å². The average Bonchev–Trinajstić information content (AvgIpc) is 2.25. The lowest BCUT2D eigenvalue weighted by atomic mass is 9.79. The van der Waals surface area contributed by atoms with Crippen molar-refractivity contribution in [2.24, 2.45) is 11.8 Å². The Hall–Kier alpha value is -0.0800. The molecule has 2 atom stereocenters. The molecule has 0 aliphatic heterocycles. The molecule has 2 heteroatoms. The van der Waals surface area contributed by atoms with Gasteiger partial charge in [0.15, 0.2) is 0 Å². The van der Waals surface area contributed by atoms with Gasteiger partial charge in [-0.25, -0.2) is 0 Å². The summed E-state index contributed by atoms with van der Waals surface area (Å²) in [6.45, 7) is 4.87. The second-order valence-corrected chi connectivity index (χ2v) is 4.54. The van der Waals surface area contributed by atoms with Gasteiger partial charge in [0.2, 0.25) is 0 Å². The molecule has 0 heterocycles. The van der Waals surface area contributed by atoms with Gasteiger partial charge in [-0.3, -0.25) is 0 Å². The van der Waals surface area contributed by atoms with E-state index in [-0.39, 0.29) is 0 Å². The summed E-state index contributed by atoms with van der Waals surface area (Å²) in [5.74, 6) is 1.29. The van der Waals surface area contributed by atoms with Crippen molar-refractivity contribution in [1.82, 2.24) is 5.32 Å². The first-order valence-electron chi connectivity index (χ1n) is 6.20. The lowest BCUT2D eigenvalue weighted by molar-refractivity contribution is 0.133. The van der Waals surface area contributed by atoms with Crippen LogP contribution in [0.2, 0.25) is 0 Å². The van der Waals surface area contributed by atoms with Crippen molar-refractivity contribution in [3.05, 3.63) is 0 Å². The second-order valence-electron chi connectivity index (χ2n) is 4.54. The maximum Gasteiger partial charge on any atom is 0.0462 e. The molecule has 0 bridgehead atoms. The van der Waals surface area contributed by atoms with Crippen molar-refractivity contribution in [2.45, 2.75) is 45.4 Å². The molecular weight excluding hydrogens is 174 g/mol. The summed E-state index contributed by atoms with van der Waals surface area (Å²) in [5.41, 5.74) is 0. The van der Waals surface area contributed by atoms with Crippen LogP contribution in [0.4, 0.5) is 0 Å². The maximum atomic E-state index is 9.24. The van der Waals surface area contributed by atoms with E-state index in [0.29, 0.717) is 12.5 Å². The third-order valence-electron chi connectivity index (χ3n) is 3.41. The van der Waals surface area contributed by atoms with Gasteiger partial charge in [0.1, 0.15) is 0 Å². The quantitative estimate of drug-likeness (QED) is 0.643. The molecule has 1 saturated carbocycles. The van der Waals surface area contributed by atoms with Crippen molar-refractivity contribution in [2.75, 3.05) is 19.7 Å². The highest BCUT2D eigenvalue weighted by atomic mass is 16.3. The number of unbranched alkanes of at least 4 members (excludes halogenated alkanes) is 1. The summed E-state index contributed by atoms with van der Waals surface area (Å²) in [4.78, 5) is 0. The Bertz CT molecular complexity index is 138. The van der Waals surface area contributed by atoms with Gasteiger partial charge in [0.25, 0.3) is 0 Å². The van der Waals surface area contributed by atoms with Crippen LogP contribution in [0, 0.1) is 11.8 Å². The van der Waals surface area contributed by atoms with Gasteiger partial charge in [-0.15, -0.1) is 0 Å². The molecule has 1 fully saturated rings.